The van der Waals surface area contributed by atoms with Crippen LogP contribution in [-0.4, -0.2) is 16.0 Å². The van der Waals surface area contributed by atoms with Crippen molar-refractivity contribution in [1.82, 2.24) is 9.78 Å². The number of hydrogen-bond acceptors (Lipinski definition) is 3. The van der Waals surface area contributed by atoms with Gasteiger partial charge < -0.3 is 0 Å². The van der Waals surface area contributed by atoms with Gasteiger partial charge in [-0.3, -0.25) is 4.68 Å². The molecule has 0 aromatic carbocycles. The van der Waals surface area contributed by atoms with E-state index in [1.165, 1.54) is 20.3 Å². The Morgan fingerprint density at radius 1 is 1.24 bits per heavy atom. The molecule has 5 heteroatoms. The van der Waals surface area contributed by atoms with E-state index in [9.17, 15) is 0 Å². The zero-order valence-electron chi connectivity index (χ0n) is 12.6. The number of aromatic nitrogens is 3. The van der Waals surface area contributed by atoms with Crippen LogP contribution in [0.15, 0.2) is 40.7 Å². The third-order valence-corrected chi connectivity index (χ3v) is 5.70. The van der Waals surface area contributed by atoms with Crippen LogP contribution in [0.25, 0.3) is 21.8 Å². The van der Waals surface area contributed by atoms with Gasteiger partial charge in [-0.25, -0.2) is 0 Å². The van der Waals surface area contributed by atoms with Crippen molar-refractivity contribution in [2.75, 3.05) is 6.26 Å². The number of nitrogens with zero attached hydrogens (tertiary/aromatic N) is 3. The first-order valence-corrected chi connectivity index (χ1v) is 8.77. The highest BCUT2D eigenvalue weighted by atomic mass is 32.2. The maximum Gasteiger partial charge on any atom is 0.231 e. The molecule has 3 rings (SSSR count). The number of rotatable bonds is 3. The van der Waals surface area contributed by atoms with Gasteiger partial charge in [0.1, 0.15) is 12.7 Å². The summed E-state index contributed by atoms with van der Waals surface area (Å²) in [5.74, 6) is 0. The Kier molecular flexibility index (Phi) is 3.87. The van der Waals surface area contributed by atoms with Crippen molar-refractivity contribution in [1.29, 1.82) is 0 Å². The first-order chi connectivity index (χ1) is 10.1. The van der Waals surface area contributed by atoms with Crippen LogP contribution >= 0.6 is 23.1 Å². The standard InChI is InChI=1S/C16H18N3S2/c1-11-9-14(19(3)17-11)13-10-12(7-8-18(13)2)15-5-6-16(20-4)21-15/h5-10H,1-4H3/q+1. The van der Waals surface area contributed by atoms with Crippen molar-refractivity contribution in [3.63, 3.8) is 0 Å². The van der Waals surface area contributed by atoms with Crippen LogP contribution in [0.2, 0.25) is 0 Å². The molecule has 0 unspecified atom stereocenters. The van der Waals surface area contributed by atoms with E-state index >= 15 is 0 Å². The monoisotopic (exact) mass is 316 g/mol. The Bertz CT molecular complexity index is 787. The van der Waals surface area contributed by atoms with Crippen molar-refractivity contribution < 1.29 is 4.57 Å². The summed E-state index contributed by atoms with van der Waals surface area (Å²) < 4.78 is 5.43. The third kappa shape index (κ3) is 2.76. The Morgan fingerprint density at radius 3 is 2.67 bits per heavy atom. The summed E-state index contributed by atoms with van der Waals surface area (Å²) >= 11 is 3.63. The van der Waals surface area contributed by atoms with Crippen molar-refractivity contribution >= 4 is 23.1 Å². The highest BCUT2D eigenvalue weighted by Crippen LogP contribution is 2.33. The smallest absolute Gasteiger partial charge is 0.231 e. The first-order valence-electron chi connectivity index (χ1n) is 6.73. The van der Waals surface area contributed by atoms with E-state index in [4.69, 9.17) is 0 Å². The maximum absolute atomic E-state index is 4.45. The number of pyridine rings is 1. The minimum Gasteiger partial charge on any atom is -0.262 e. The lowest BCUT2D eigenvalue weighted by Crippen LogP contribution is -2.30. The molecule has 3 heterocycles. The van der Waals surface area contributed by atoms with E-state index in [0.29, 0.717) is 0 Å². The van der Waals surface area contributed by atoms with Crippen molar-refractivity contribution in [3.8, 4) is 21.8 Å². The van der Waals surface area contributed by atoms with Gasteiger partial charge in [0.2, 0.25) is 5.69 Å². The van der Waals surface area contributed by atoms with Crippen LogP contribution in [0.1, 0.15) is 5.69 Å². The molecule has 0 saturated carbocycles. The summed E-state index contributed by atoms with van der Waals surface area (Å²) in [6.45, 7) is 2.03. The molecule has 0 atom stereocenters. The molecule has 0 N–H and O–H groups in total. The van der Waals surface area contributed by atoms with Crippen LogP contribution in [0.3, 0.4) is 0 Å². The molecular formula is C16H18N3S2+. The molecule has 108 valence electrons. The van der Waals surface area contributed by atoms with E-state index in [2.05, 4.69) is 59.5 Å². The average molecular weight is 316 g/mol. The molecule has 0 radical (unpaired) electrons. The summed E-state index contributed by atoms with van der Waals surface area (Å²) in [6, 6.07) is 10.9. The van der Waals surface area contributed by atoms with E-state index in [-0.39, 0.29) is 0 Å². The average Bonchev–Trinajstić information content (AvgIpc) is 3.06. The second kappa shape index (κ2) is 5.66. The Labute approximate surface area is 133 Å². The molecule has 0 aliphatic rings. The minimum absolute atomic E-state index is 1.04. The second-order valence-electron chi connectivity index (χ2n) is 5.03. The maximum atomic E-state index is 4.45. The molecule has 0 spiro atoms. The Morgan fingerprint density at radius 2 is 2.05 bits per heavy atom. The van der Waals surface area contributed by atoms with Gasteiger partial charge in [0.05, 0.1) is 9.90 Å². The SMILES string of the molecule is CSc1ccc(-c2cc[n+](C)c(-c3cc(C)nn3C)c2)s1. The van der Waals surface area contributed by atoms with E-state index in [1.54, 1.807) is 11.8 Å². The topological polar surface area (TPSA) is 21.7 Å². The fraction of sp³-hybridized carbons (Fsp3) is 0.250. The molecular weight excluding hydrogens is 298 g/mol. The molecule has 0 bridgehead atoms. The molecule has 21 heavy (non-hydrogen) atoms. The molecule has 0 amide bonds. The summed E-state index contributed by atoms with van der Waals surface area (Å²) in [5, 5.41) is 4.45. The summed E-state index contributed by atoms with van der Waals surface area (Å²) in [5.41, 5.74) is 4.61. The lowest BCUT2D eigenvalue weighted by Gasteiger charge is -2.03. The normalized spacial score (nSPS) is 11.0. The van der Waals surface area contributed by atoms with Gasteiger partial charge in [-0.1, -0.05) is 0 Å². The number of aryl methyl sites for hydroxylation is 3. The van der Waals surface area contributed by atoms with Crippen LogP contribution in [0.4, 0.5) is 0 Å². The van der Waals surface area contributed by atoms with Crippen LogP contribution < -0.4 is 4.57 Å². The van der Waals surface area contributed by atoms with Crippen LogP contribution in [0, 0.1) is 6.92 Å². The molecule has 0 fully saturated rings. The van der Waals surface area contributed by atoms with Crippen molar-refractivity contribution in [2.45, 2.75) is 11.1 Å². The summed E-state index contributed by atoms with van der Waals surface area (Å²) in [6.07, 6.45) is 4.23. The van der Waals surface area contributed by atoms with Gasteiger partial charge in [0.15, 0.2) is 6.20 Å². The van der Waals surface area contributed by atoms with Gasteiger partial charge in [-0.15, -0.1) is 23.1 Å². The Hall–Kier alpha value is -1.59. The third-order valence-electron chi connectivity index (χ3n) is 3.48. The zero-order valence-corrected chi connectivity index (χ0v) is 14.3. The molecule has 0 aliphatic heterocycles. The van der Waals surface area contributed by atoms with E-state index in [1.807, 2.05) is 30.0 Å². The fourth-order valence-corrected chi connectivity index (χ4v) is 3.95. The molecule has 3 aromatic heterocycles. The summed E-state index contributed by atoms with van der Waals surface area (Å²) in [4.78, 5) is 1.31. The largest absolute Gasteiger partial charge is 0.262 e. The molecule has 0 saturated heterocycles. The van der Waals surface area contributed by atoms with Gasteiger partial charge in [0.25, 0.3) is 0 Å². The number of thiophene rings is 1. The number of thioether (sulfide) groups is 1. The van der Waals surface area contributed by atoms with Gasteiger partial charge >= 0.3 is 0 Å². The lowest BCUT2D eigenvalue weighted by atomic mass is 10.1. The van der Waals surface area contributed by atoms with Crippen LogP contribution in [0.5, 0.6) is 0 Å². The zero-order chi connectivity index (χ0) is 15.0. The number of hydrogen-bond donors (Lipinski definition) is 0. The quantitative estimate of drug-likeness (QED) is 0.543. The van der Waals surface area contributed by atoms with Gasteiger partial charge in [-0.05, 0) is 31.4 Å². The highest BCUT2D eigenvalue weighted by Gasteiger charge is 2.16. The minimum atomic E-state index is 1.04. The predicted molar refractivity (Wildman–Crippen MR) is 89.7 cm³/mol. The highest BCUT2D eigenvalue weighted by molar-refractivity contribution is 8.00. The van der Waals surface area contributed by atoms with Crippen LogP contribution in [-0.2, 0) is 14.1 Å². The lowest BCUT2D eigenvalue weighted by molar-refractivity contribution is -0.660. The van der Waals surface area contributed by atoms with E-state index < -0.39 is 0 Å². The first kappa shape index (κ1) is 14.4. The second-order valence-corrected chi connectivity index (χ2v) is 7.22. The van der Waals surface area contributed by atoms with Gasteiger partial charge in [0, 0.05) is 29.6 Å². The molecule has 0 aliphatic carbocycles. The Balaban J connectivity index is 2.10. The predicted octanol–water partition coefficient (Wildman–Crippen LogP) is 3.67. The van der Waals surface area contributed by atoms with Crippen molar-refractivity contribution in [2.24, 2.45) is 14.1 Å². The molecule has 3 aromatic rings. The fourth-order valence-electron chi connectivity index (χ4n) is 2.41. The summed E-state index contributed by atoms with van der Waals surface area (Å²) in [7, 11) is 4.06. The van der Waals surface area contributed by atoms with Gasteiger partial charge in [-0.2, -0.15) is 9.67 Å². The molecule has 3 nitrogen and oxygen atoms in total. The van der Waals surface area contributed by atoms with E-state index in [0.717, 1.165) is 11.4 Å². The van der Waals surface area contributed by atoms with Crippen molar-refractivity contribution in [3.05, 3.63) is 42.2 Å².